The molecule has 0 aliphatic carbocycles. The first-order chi connectivity index (χ1) is 13.4. The Balaban J connectivity index is 2.05. The monoisotopic (exact) mass is 397 g/mol. The first-order valence-electron chi connectivity index (χ1n) is 8.56. The highest BCUT2D eigenvalue weighted by Crippen LogP contribution is 2.37. The Hall–Kier alpha value is -2.99. The molecule has 2 aromatic heterocycles. The van der Waals surface area contributed by atoms with Crippen LogP contribution in [0.15, 0.2) is 72.1 Å². The number of hydrogen-bond acceptors (Lipinski definition) is 3. The summed E-state index contributed by atoms with van der Waals surface area (Å²) >= 11 is 1.44. The first-order valence-corrected chi connectivity index (χ1v) is 9.44. The van der Waals surface area contributed by atoms with Crippen molar-refractivity contribution in [2.24, 2.45) is 0 Å². The Morgan fingerprint density at radius 1 is 0.929 bits per heavy atom. The minimum atomic E-state index is -4.74. The van der Waals surface area contributed by atoms with Crippen molar-refractivity contribution in [2.45, 2.75) is 12.6 Å². The van der Waals surface area contributed by atoms with Gasteiger partial charge in [-0.2, -0.15) is 13.2 Å². The third-order valence-electron chi connectivity index (χ3n) is 4.46. The summed E-state index contributed by atoms with van der Waals surface area (Å²) in [5, 5.41) is 2.42. The van der Waals surface area contributed by atoms with Crippen LogP contribution in [0.5, 0.6) is 0 Å². The van der Waals surface area contributed by atoms with Crippen LogP contribution in [-0.2, 0) is 12.6 Å². The van der Waals surface area contributed by atoms with Gasteiger partial charge in [0.2, 0.25) is 0 Å². The summed E-state index contributed by atoms with van der Waals surface area (Å²) in [4.78, 5) is 17.9. The Morgan fingerprint density at radius 3 is 2.32 bits per heavy atom. The molecule has 0 unspecified atom stereocenters. The summed E-state index contributed by atoms with van der Waals surface area (Å²) in [6.07, 6.45) is -4.51. The second-order valence-corrected chi connectivity index (χ2v) is 7.31. The van der Waals surface area contributed by atoms with Gasteiger partial charge in [-0.1, -0.05) is 54.6 Å². The molecule has 4 aromatic rings. The average molecular weight is 397 g/mol. The molecule has 4 rings (SSSR count). The standard InChI is InChI=1S/C22H14F3NOS/c23-22(24,25)21-19(20(27)14-7-2-1-3-8-14)17(13-15-9-6-12-28-15)16-10-4-5-11-18(16)26-21/h1-12H,13H2. The predicted octanol–water partition coefficient (Wildman–Crippen LogP) is 6.14. The molecule has 0 saturated carbocycles. The number of rotatable bonds is 4. The van der Waals surface area contributed by atoms with E-state index in [1.165, 1.54) is 23.5 Å². The zero-order valence-electron chi connectivity index (χ0n) is 14.5. The van der Waals surface area contributed by atoms with E-state index in [2.05, 4.69) is 4.98 Å². The van der Waals surface area contributed by atoms with Gasteiger partial charge in [0.05, 0.1) is 11.1 Å². The summed E-state index contributed by atoms with van der Waals surface area (Å²) in [7, 11) is 0. The van der Waals surface area contributed by atoms with Crippen molar-refractivity contribution in [1.82, 2.24) is 4.98 Å². The number of para-hydroxylation sites is 1. The fourth-order valence-electron chi connectivity index (χ4n) is 3.23. The van der Waals surface area contributed by atoms with Crippen molar-refractivity contribution < 1.29 is 18.0 Å². The highest BCUT2D eigenvalue weighted by molar-refractivity contribution is 7.09. The van der Waals surface area contributed by atoms with Crippen LogP contribution in [-0.4, -0.2) is 10.8 Å². The van der Waals surface area contributed by atoms with E-state index in [1.807, 2.05) is 17.5 Å². The molecule has 2 nitrogen and oxygen atoms in total. The van der Waals surface area contributed by atoms with Crippen molar-refractivity contribution in [3.05, 3.63) is 99.4 Å². The van der Waals surface area contributed by atoms with Crippen LogP contribution in [0.4, 0.5) is 13.2 Å². The molecular formula is C22H14F3NOS. The number of carbonyl (C=O) groups excluding carboxylic acids is 1. The van der Waals surface area contributed by atoms with Gasteiger partial charge >= 0.3 is 6.18 Å². The summed E-state index contributed by atoms with van der Waals surface area (Å²) < 4.78 is 41.7. The van der Waals surface area contributed by atoms with Gasteiger partial charge in [0.15, 0.2) is 11.5 Å². The number of pyridine rings is 1. The van der Waals surface area contributed by atoms with Gasteiger partial charge < -0.3 is 0 Å². The van der Waals surface area contributed by atoms with Crippen LogP contribution in [0.1, 0.15) is 32.1 Å². The number of hydrogen-bond donors (Lipinski definition) is 0. The second kappa shape index (κ2) is 7.20. The molecule has 0 spiro atoms. The van der Waals surface area contributed by atoms with Crippen LogP contribution < -0.4 is 0 Å². The van der Waals surface area contributed by atoms with E-state index in [9.17, 15) is 18.0 Å². The zero-order chi connectivity index (χ0) is 19.7. The molecule has 0 saturated heterocycles. The number of ketones is 1. The minimum Gasteiger partial charge on any atom is -0.289 e. The largest absolute Gasteiger partial charge is 0.434 e. The van der Waals surface area contributed by atoms with Gasteiger partial charge in [-0.05, 0) is 23.1 Å². The predicted molar refractivity (Wildman–Crippen MR) is 104 cm³/mol. The number of thiophene rings is 1. The Morgan fingerprint density at radius 2 is 1.64 bits per heavy atom. The van der Waals surface area contributed by atoms with E-state index in [4.69, 9.17) is 0 Å². The number of carbonyl (C=O) groups is 1. The summed E-state index contributed by atoms with van der Waals surface area (Å²) in [5.74, 6) is -0.669. The topological polar surface area (TPSA) is 30.0 Å². The van der Waals surface area contributed by atoms with Crippen molar-refractivity contribution in [3.8, 4) is 0 Å². The van der Waals surface area contributed by atoms with E-state index in [1.54, 1.807) is 42.5 Å². The lowest BCUT2D eigenvalue weighted by Gasteiger charge is -2.18. The highest BCUT2D eigenvalue weighted by atomic mass is 32.1. The maximum atomic E-state index is 13.9. The maximum absolute atomic E-state index is 13.9. The van der Waals surface area contributed by atoms with E-state index < -0.39 is 17.7 Å². The van der Waals surface area contributed by atoms with Gasteiger partial charge in [-0.3, -0.25) is 4.79 Å². The third kappa shape index (κ3) is 3.43. The molecule has 0 bridgehead atoms. The molecule has 0 aliphatic heterocycles. The Kier molecular flexibility index (Phi) is 4.73. The van der Waals surface area contributed by atoms with Crippen LogP contribution in [0.3, 0.4) is 0 Å². The van der Waals surface area contributed by atoms with Gasteiger partial charge in [0.25, 0.3) is 0 Å². The van der Waals surface area contributed by atoms with E-state index in [-0.39, 0.29) is 23.1 Å². The van der Waals surface area contributed by atoms with Crippen LogP contribution in [0.2, 0.25) is 0 Å². The average Bonchev–Trinajstić information content (AvgIpc) is 3.20. The second-order valence-electron chi connectivity index (χ2n) is 6.28. The quantitative estimate of drug-likeness (QED) is 0.387. The van der Waals surface area contributed by atoms with Crippen LogP contribution >= 0.6 is 11.3 Å². The lowest BCUT2D eigenvalue weighted by atomic mass is 9.91. The zero-order valence-corrected chi connectivity index (χ0v) is 15.3. The molecule has 0 atom stereocenters. The summed E-state index contributed by atoms with van der Waals surface area (Å²) in [6.45, 7) is 0. The molecule has 2 heterocycles. The SMILES string of the molecule is O=C(c1ccccc1)c1c(C(F)(F)F)nc2ccccc2c1Cc1cccs1. The molecule has 0 fully saturated rings. The summed E-state index contributed by atoms with van der Waals surface area (Å²) in [5.41, 5.74) is -0.713. The summed E-state index contributed by atoms with van der Waals surface area (Å²) in [6, 6.07) is 18.4. The van der Waals surface area contributed by atoms with Gasteiger partial charge in [0.1, 0.15) is 0 Å². The fourth-order valence-corrected chi connectivity index (χ4v) is 3.95. The molecule has 6 heteroatoms. The van der Waals surface area contributed by atoms with Crippen molar-refractivity contribution in [3.63, 3.8) is 0 Å². The van der Waals surface area contributed by atoms with Crippen molar-refractivity contribution >= 4 is 28.0 Å². The van der Waals surface area contributed by atoms with Crippen LogP contribution in [0, 0.1) is 0 Å². The number of benzene rings is 2. The molecule has 0 N–H and O–H groups in total. The molecule has 0 amide bonds. The van der Waals surface area contributed by atoms with E-state index >= 15 is 0 Å². The molecule has 28 heavy (non-hydrogen) atoms. The number of alkyl halides is 3. The fraction of sp³-hybridized carbons (Fsp3) is 0.0909. The van der Waals surface area contributed by atoms with Gasteiger partial charge in [0, 0.05) is 22.2 Å². The Labute approximate surface area is 163 Å². The van der Waals surface area contributed by atoms with E-state index in [0.29, 0.717) is 10.9 Å². The smallest absolute Gasteiger partial charge is 0.289 e. The number of nitrogens with zero attached hydrogens (tertiary/aromatic N) is 1. The normalized spacial score (nSPS) is 11.7. The molecule has 0 radical (unpaired) electrons. The molecule has 140 valence electrons. The molecule has 0 aliphatic rings. The Bertz CT molecular complexity index is 1140. The van der Waals surface area contributed by atoms with Gasteiger partial charge in [-0.15, -0.1) is 11.3 Å². The number of fused-ring (bicyclic) bond motifs is 1. The molecular weight excluding hydrogens is 383 g/mol. The number of aromatic nitrogens is 1. The maximum Gasteiger partial charge on any atom is 0.434 e. The lowest BCUT2D eigenvalue weighted by molar-refractivity contribution is -0.141. The minimum absolute atomic E-state index is 0.206. The van der Waals surface area contributed by atoms with Crippen LogP contribution in [0.25, 0.3) is 10.9 Å². The van der Waals surface area contributed by atoms with Gasteiger partial charge in [-0.25, -0.2) is 4.98 Å². The van der Waals surface area contributed by atoms with Crippen molar-refractivity contribution in [1.29, 1.82) is 0 Å². The highest BCUT2D eigenvalue weighted by Gasteiger charge is 2.39. The molecule has 2 aromatic carbocycles. The van der Waals surface area contributed by atoms with Crippen molar-refractivity contribution in [2.75, 3.05) is 0 Å². The third-order valence-corrected chi connectivity index (χ3v) is 5.34. The number of halogens is 3. The lowest BCUT2D eigenvalue weighted by Crippen LogP contribution is -2.19. The first kappa shape index (κ1) is 18.4. The van der Waals surface area contributed by atoms with E-state index in [0.717, 1.165) is 4.88 Å².